The molecule has 2 aliphatic rings. The Balaban J connectivity index is 1.86. The molecule has 1 aliphatic heterocycles. The maximum atomic E-state index is 5.80. The molecule has 2 heteroatoms. The molecule has 1 aliphatic carbocycles. The highest BCUT2D eigenvalue weighted by Gasteiger charge is 2.33. The Hall–Kier alpha value is -1.38. The first-order valence-corrected chi connectivity index (χ1v) is 8.12. The van der Waals surface area contributed by atoms with Crippen LogP contribution in [0, 0.1) is 5.92 Å². The van der Waals surface area contributed by atoms with Crippen molar-refractivity contribution in [3.8, 4) is 0 Å². The van der Waals surface area contributed by atoms with Gasteiger partial charge in [-0.3, -0.25) is 0 Å². The van der Waals surface area contributed by atoms with E-state index in [1.165, 1.54) is 40.3 Å². The van der Waals surface area contributed by atoms with Gasteiger partial charge >= 0.3 is 0 Å². The molecule has 3 atom stereocenters. The lowest BCUT2D eigenvalue weighted by molar-refractivity contribution is 0.0964. The fraction of sp³-hybridized carbons (Fsp3) is 0.474. The molecule has 0 bridgehead atoms. The van der Waals surface area contributed by atoms with Gasteiger partial charge in [0.1, 0.15) is 0 Å². The highest BCUT2D eigenvalue weighted by molar-refractivity contribution is 5.93. The van der Waals surface area contributed by atoms with Crippen molar-refractivity contribution in [2.45, 2.75) is 38.3 Å². The Morgan fingerprint density at radius 1 is 1.14 bits per heavy atom. The summed E-state index contributed by atoms with van der Waals surface area (Å²) in [6.07, 6.45) is 3.88. The van der Waals surface area contributed by atoms with Crippen molar-refractivity contribution >= 4 is 10.8 Å². The first-order chi connectivity index (χ1) is 10.3. The molecule has 2 aromatic carbocycles. The Kier molecular flexibility index (Phi) is 3.24. The minimum atomic E-state index is 0.338. The Bertz CT molecular complexity index is 668. The maximum absolute atomic E-state index is 5.80. The van der Waals surface area contributed by atoms with Crippen LogP contribution in [0.3, 0.4) is 0 Å². The van der Waals surface area contributed by atoms with Crippen molar-refractivity contribution in [3.05, 3.63) is 47.0 Å². The van der Waals surface area contributed by atoms with Gasteiger partial charge < -0.3 is 10.1 Å². The van der Waals surface area contributed by atoms with Crippen LogP contribution in [0.5, 0.6) is 0 Å². The van der Waals surface area contributed by atoms with Crippen LogP contribution >= 0.6 is 0 Å². The van der Waals surface area contributed by atoms with Crippen molar-refractivity contribution in [2.75, 3.05) is 13.7 Å². The van der Waals surface area contributed by atoms with Gasteiger partial charge in [-0.25, -0.2) is 0 Å². The van der Waals surface area contributed by atoms with E-state index in [2.05, 4.69) is 49.6 Å². The van der Waals surface area contributed by atoms with Crippen molar-refractivity contribution in [2.24, 2.45) is 5.92 Å². The smallest absolute Gasteiger partial charge is 0.0594 e. The van der Waals surface area contributed by atoms with Crippen LogP contribution in [-0.4, -0.2) is 19.8 Å². The largest absolute Gasteiger partial charge is 0.378 e. The molecule has 2 nitrogen and oxygen atoms in total. The first-order valence-electron chi connectivity index (χ1n) is 8.12. The van der Waals surface area contributed by atoms with Gasteiger partial charge in [-0.05, 0) is 60.7 Å². The van der Waals surface area contributed by atoms with Gasteiger partial charge in [-0.15, -0.1) is 0 Å². The van der Waals surface area contributed by atoms with E-state index in [1.54, 1.807) is 0 Å². The molecular formula is C19H23NO. The summed E-state index contributed by atoms with van der Waals surface area (Å²) in [6.45, 7) is 3.10. The summed E-state index contributed by atoms with van der Waals surface area (Å²) in [7, 11) is 2.08. The Morgan fingerprint density at radius 3 is 2.67 bits per heavy atom. The van der Waals surface area contributed by atoms with Gasteiger partial charge in [-0.2, -0.15) is 0 Å². The van der Waals surface area contributed by atoms with Gasteiger partial charge in [0, 0.05) is 18.6 Å². The summed E-state index contributed by atoms with van der Waals surface area (Å²) < 4.78 is 5.80. The molecule has 3 unspecified atom stereocenters. The zero-order valence-electron chi connectivity index (χ0n) is 12.9. The molecule has 4 rings (SSSR count). The van der Waals surface area contributed by atoms with E-state index in [4.69, 9.17) is 4.74 Å². The highest BCUT2D eigenvalue weighted by Crippen LogP contribution is 2.39. The molecule has 1 fully saturated rings. The van der Waals surface area contributed by atoms with Crippen molar-refractivity contribution < 1.29 is 4.74 Å². The minimum Gasteiger partial charge on any atom is -0.378 e. The van der Waals surface area contributed by atoms with Crippen LogP contribution < -0.4 is 5.32 Å². The number of ether oxygens (including phenoxy) is 1. The molecule has 0 aromatic heterocycles. The zero-order valence-corrected chi connectivity index (χ0v) is 12.9. The predicted molar refractivity (Wildman–Crippen MR) is 86.7 cm³/mol. The molecule has 1 heterocycles. The SMILES string of the molecule is CNC(c1ccc2c3c(cccc13)CC2)C1CCOC1C. The van der Waals surface area contributed by atoms with E-state index in [1.807, 2.05) is 0 Å². The molecule has 0 saturated carbocycles. The van der Waals surface area contributed by atoms with E-state index < -0.39 is 0 Å². The molecular weight excluding hydrogens is 258 g/mol. The van der Waals surface area contributed by atoms with E-state index in [0.717, 1.165) is 13.0 Å². The average molecular weight is 281 g/mol. The summed E-state index contributed by atoms with van der Waals surface area (Å²) in [5.41, 5.74) is 4.49. The number of aryl methyl sites for hydroxylation is 2. The van der Waals surface area contributed by atoms with E-state index in [-0.39, 0.29) is 0 Å². The lowest BCUT2D eigenvalue weighted by Crippen LogP contribution is -2.29. The summed E-state index contributed by atoms with van der Waals surface area (Å²) in [5, 5.41) is 6.52. The summed E-state index contributed by atoms with van der Waals surface area (Å²) >= 11 is 0. The summed E-state index contributed by atoms with van der Waals surface area (Å²) in [6, 6.07) is 11.9. The van der Waals surface area contributed by atoms with Crippen molar-refractivity contribution in [3.63, 3.8) is 0 Å². The number of rotatable bonds is 3. The lowest BCUT2D eigenvalue weighted by atomic mass is 9.85. The second-order valence-corrected chi connectivity index (χ2v) is 6.45. The van der Waals surface area contributed by atoms with Crippen LogP contribution in [-0.2, 0) is 17.6 Å². The third-order valence-electron chi connectivity index (χ3n) is 5.42. The van der Waals surface area contributed by atoms with E-state index in [9.17, 15) is 0 Å². The van der Waals surface area contributed by atoms with Gasteiger partial charge in [0.2, 0.25) is 0 Å². The molecule has 0 amide bonds. The third-order valence-corrected chi connectivity index (χ3v) is 5.42. The third kappa shape index (κ3) is 2.01. The van der Waals surface area contributed by atoms with Gasteiger partial charge in [0.05, 0.1) is 6.10 Å². The number of nitrogens with one attached hydrogen (secondary N) is 1. The molecule has 0 radical (unpaired) electrons. The van der Waals surface area contributed by atoms with Crippen LogP contribution in [0.2, 0.25) is 0 Å². The maximum Gasteiger partial charge on any atom is 0.0594 e. The number of hydrogen-bond acceptors (Lipinski definition) is 2. The standard InChI is InChI=1S/C19H23NO/c1-12-15(10-11-21-12)19(20-2)17-9-8-14-7-6-13-4-3-5-16(17)18(13)14/h3-5,8-9,12,15,19-20H,6-7,10-11H2,1-2H3. The highest BCUT2D eigenvalue weighted by atomic mass is 16.5. The topological polar surface area (TPSA) is 21.3 Å². The minimum absolute atomic E-state index is 0.338. The monoisotopic (exact) mass is 281 g/mol. The predicted octanol–water partition coefficient (Wildman–Crippen LogP) is 3.62. The van der Waals surface area contributed by atoms with Gasteiger partial charge in [-0.1, -0.05) is 30.3 Å². The molecule has 1 saturated heterocycles. The van der Waals surface area contributed by atoms with Crippen LogP contribution in [0.4, 0.5) is 0 Å². The lowest BCUT2D eigenvalue weighted by Gasteiger charge is -2.27. The second kappa shape index (κ2) is 5.11. The second-order valence-electron chi connectivity index (χ2n) is 6.45. The van der Waals surface area contributed by atoms with Gasteiger partial charge in [0.25, 0.3) is 0 Å². The Morgan fingerprint density at radius 2 is 1.95 bits per heavy atom. The van der Waals surface area contributed by atoms with E-state index >= 15 is 0 Å². The molecule has 21 heavy (non-hydrogen) atoms. The van der Waals surface area contributed by atoms with Crippen molar-refractivity contribution in [1.29, 1.82) is 0 Å². The number of hydrogen-bond donors (Lipinski definition) is 1. The molecule has 110 valence electrons. The molecule has 2 aromatic rings. The van der Waals surface area contributed by atoms with Gasteiger partial charge in [0.15, 0.2) is 0 Å². The summed E-state index contributed by atoms with van der Waals surface area (Å²) in [5.74, 6) is 0.563. The fourth-order valence-corrected chi connectivity index (χ4v) is 4.33. The van der Waals surface area contributed by atoms with Crippen LogP contribution in [0.15, 0.2) is 30.3 Å². The fourth-order valence-electron chi connectivity index (χ4n) is 4.33. The van der Waals surface area contributed by atoms with E-state index in [0.29, 0.717) is 18.1 Å². The first kappa shape index (κ1) is 13.3. The van der Waals surface area contributed by atoms with Crippen LogP contribution in [0.1, 0.15) is 36.1 Å². The normalized spacial score (nSPS) is 25.6. The summed E-state index contributed by atoms with van der Waals surface area (Å²) in [4.78, 5) is 0. The quantitative estimate of drug-likeness (QED) is 0.927. The number of benzene rings is 2. The molecule has 1 N–H and O–H groups in total. The molecule has 0 spiro atoms. The van der Waals surface area contributed by atoms with Crippen molar-refractivity contribution in [1.82, 2.24) is 5.32 Å². The zero-order chi connectivity index (χ0) is 14.4. The Labute approximate surface area is 126 Å². The average Bonchev–Trinajstić information content (AvgIpc) is 3.11. The van der Waals surface area contributed by atoms with Crippen LogP contribution in [0.25, 0.3) is 10.8 Å².